The molecule has 0 aliphatic rings. The number of rotatable bonds is 14. The number of carboxylic acids is 1. The van der Waals surface area contributed by atoms with Crippen LogP contribution in [0.25, 0.3) is 0 Å². The molecule has 0 saturated heterocycles. The monoisotopic (exact) mass is 316 g/mol. The standard InChI is InChI=1S/C16H32N2O4/c1-3-5-6-7-8-9-14(13-15(19)20)22-16(21)18-12-11-17-10-4-2/h14,17H,3-13H2,1-2H3,(H,18,21)(H,19,20). The van der Waals surface area contributed by atoms with Crippen LogP contribution in [0.5, 0.6) is 0 Å². The molecule has 6 heteroatoms. The van der Waals surface area contributed by atoms with Crippen molar-refractivity contribution >= 4 is 12.1 Å². The van der Waals surface area contributed by atoms with E-state index in [2.05, 4.69) is 24.5 Å². The van der Waals surface area contributed by atoms with Gasteiger partial charge >= 0.3 is 12.1 Å². The van der Waals surface area contributed by atoms with Crippen molar-refractivity contribution in [3.05, 3.63) is 0 Å². The molecular weight excluding hydrogens is 284 g/mol. The van der Waals surface area contributed by atoms with Crippen LogP contribution in [0.2, 0.25) is 0 Å². The summed E-state index contributed by atoms with van der Waals surface area (Å²) in [5.74, 6) is -0.934. The van der Waals surface area contributed by atoms with Gasteiger partial charge in [-0.1, -0.05) is 39.5 Å². The molecule has 130 valence electrons. The SMILES string of the molecule is CCCCCCCC(CC(=O)O)OC(=O)NCCNCCC. The molecule has 0 rings (SSSR count). The summed E-state index contributed by atoms with van der Waals surface area (Å²) in [4.78, 5) is 22.5. The minimum Gasteiger partial charge on any atom is -0.481 e. The molecule has 0 fully saturated rings. The van der Waals surface area contributed by atoms with Crippen LogP contribution >= 0.6 is 0 Å². The van der Waals surface area contributed by atoms with E-state index in [-0.39, 0.29) is 6.42 Å². The highest BCUT2D eigenvalue weighted by Gasteiger charge is 2.17. The number of carbonyl (C=O) groups is 2. The summed E-state index contributed by atoms with van der Waals surface area (Å²) >= 11 is 0. The molecule has 3 N–H and O–H groups in total. The van der Waals surface area contributed by atoms with Crippen LogP contribution < -0.4 is 10.6 Å². The van der Waals surface area contributed by atoms with Gasteiger partial charge in [0, 0.05) is 13.1 Å². The fourth-order valence-electron chi connectivity index (χ4n) is 2.12. The molecule has 6 nitrogen and oxygen atoms in total. The fourth-order valence-corrected chi connectivity index (χ4v) is 2.12. The quantitative estimate of drug-likeness (QED) is 0.429. The Bertz CT molecular complexity index is 298. The fraction of sp³-hybridized carbons (Fsp3) is 0.875. The van der Waals surface area contributed by atoms with E-state index in [4.69, 9.17) is 9.84 Å². The number of nitrogens with one attached hydrogen (secondary N) is 2. The maximum Gasteiger partial charge on any atom is 0.407 e. The summed E-state index contributed by atoms with van der Waals surface area (Å²) in [6, 6.07) is 0. The third-order valence-electron chi connectivity index (χ3n) is 3.30. The summed E-state index contributed by atoms with van der Waals surface area (Å²) in [5.41, 5.74) is 0. The predicted octanol–water partition coefficient (Wildman–Crippen LogP) is 2.92. The Kier molecular flexibility index (Phi) is 13.8. The van der Waals surface area contributed by atoms with Gasteiger partial charge in [-0.05, 0) is 25.8 Å². The summed E-state index contributed by atoms with van der Waals surface area (Å²) in [7, 11) is 0. The minimum atomic E-state index is -0.934. The molecule has 0 saturated carbocycles. The lowest BCUT2D eigenvalue weighted by Crippen LogP contribution is -2.35. The molecule has 0 bridgehead atoms. The Morgan fingerprint density at radius 3 is 2.36 bits per heavy atom. The van der Waals surface area contributed by atoms with Gasteiger partial charge in [0.25, 0.3) is 0 Å². The van der Waals surface area contributed by atoms with Crippen molar-refractivity contribution in [2.45, 2.75) is 71.3 Å². The van der Waals surface area contributed by atoms with Crippen molar-refractivity contribution in [3.8, 4) is 0 Å². The highest BCUT2D eigenvalue weighted by Crippen LogP contribution is 2.12. The molecule has 0 aromatic rings. The smallest absolute Gasteiger partial charge is 0.407 e. The maximum absolute atomic E-state index is 11.6. The van der Waals surface area contributed by atoms with E-state index in [0.29, 0.717) is 19.5 Å². The van der Waals surface area contributed by atoms with Crippen molar-refractivity contribution in [1.82, 2.24) is 10.6 Å². The number of amides is 1. The summed E-state index contributed by atoms with van der Waals surface area (Å²) in [6.45, 7) is 6.30. The number of aliphatic carboxylic acids is 1. The van der Waals surface area contributed by atoms with Crippen molar-refractivity contribution in [3.63, 3.8) is 0 Å². The van der Waals surface area contributed by atoms with Gasteiger partial charge in [-0.25, -0.2) is 4.79 Å². The third-order valence-corrected chi connectivity index (χ3v) is 3.30. The molecule has 1 amide bonds. The Labute approximate surface area is 134 Å². The van der Waals surface area contributed by atoms with Crippen molar-refractivity contribution in [2.75, 3.05) is 19.6 Å². The van der Waals surface area contributed by atoms with E-state index in [9.17, 15) is 9.59 Å². The van der Waals surface area contributed by atoms with Crippen molar-refractivity contribution in [1.29, 1.82) is 0 Å². The van der Waals surface area contributed by atoms with E-state index >= 15 is 0 Å². The van der Waals surface area contributed by atoms with Gasteiger partial charge < -0.3 is 20.5 Å². The van der Waals surface area contributed by atoms with Crippen LogP contribution in [0.3, 0.4) is 0 Å². The molecule has 22 heavy (non-hydrogen) atoms. The first kappa shape index (κ1) is 20.7. The zero-order valence-corrected chi connectivity index (χ0v) is 14.0. The number of alkyl carbamates (subject to hydrolysis) is 1. The molecule has 0 aromatic heterocycles. The van der Waals surface area contributed by atoms with E-state index in [1.807, 2.05) is 0 Å². The zero-order chi connectivity index (χ0) is 16.6. The molecule has 1 unspecified atom stereocenters. The Hall–Kier alpha value is -1.30. The highest BCUT2D eigenvalue weighted by molar-refractivity contribution is 5.70. The van der Waals surface area contributed by atoms with Crippen molar-refractivity contribution < 1.29 is 19.4 Å². The van der Waals surface area contributed by atoms with Gasteiger partial charge in [0.2, 0.25) is 0 Å². The van der Waals surface area contributed by atoms with Crippen LogP contribution in [-0.2, 0) is 9.53 Å². The maximum atomic E-state index is 11.6. The van der Waals surface area contributed by atoms with Crippen molar-refractivity contribution in [2.24, 2.45) is 0 Å². The number of hydrogen-bond donors (Lipinski definition) is 3. The van der Waals surface area contributed by atoms with Crippen LogP contribution in [0.1, 0.15) is 65.2 Å². The molecule has 0 spiro atoms. The number of ether oxygens (including phenoxy) is 1. The molecule has 0 radical (unpaired) electrons. The second kappa shape index (κ2) is 14.6. The largest absolute Gasteiger partial charge is 0.481 e. The minimum absolute atomic E-state index is 0.130. The first-order valence-corrected chi connectivity index (χ1v) is 8.47. The topological polar surface area (TPSA) is 87.7 Å². The number of unbranched alkanes of at least 4 members (excludes halogenated alkanes) is 4. The van der Waals surface area contributed by atoms with Crippen LogP contribution in [0.15, 0.2) is 0 Å². The average Bonchev–Trinajstić information content (AvgIpc) is 2.46. The Morgan fingerprint density at radius 2 is 1.73 bits per heavy atom. The second-order valence-corrected chi connectivity index (χ2v) is 5.50. The van der Waals surface area contributed by atoms with E-state index in [0.717, 1.165) is 32.2 Å². The number of carboxylic acid groups (broad SMARTS) is 1. The predicted molar refractivity (Wildman–Crippen MR) is 87.1 cm³/mol. The molecule has 0 aromatic carbocycles. The number of hydrogen-bond acceptors (Lipinski definition) is 4. The molecule has 0 aliphatic carbocycles. The first-order valence-electron chi connectivity index (χ1n) is 8.47. The average molecular weight is 316 g/mol. The summed E-state index contributed by atoms with van der Waals surface area (Å²) in [6.07, 6.45) is 5.90. The molecular formula is C16H32N2O4. The van der Waals surface area contributed by atoms with Gasteiger partial charge in [0.15, 0.2) is 0 Å². The third kappa shape index (κ3) is 13.7. The zero-order valence-electron chi connectivity index (χ0n) is 14.0. The van der Waals surface area contributed by atoms with Gasteiger partial charge in [-0.2, -0.15) is 0 Å². The van der Waals surface area contributed by atoms with E-state index in [1.54, 1.807) is 0 Å². The lowest BCUT2D eigenvalue weighted by molar-refractivity contribution is -0.139. The Balaban J connectivity index is 3.90. The lowest BCUT2D eigenvalue weighted by Gasteiger charge is -2.16. The molecule has 0 heterocycles. The molecule has 0 aliphatic heterocycles. The number of carbonyl (C=O) groups excluding carboxylic acids is 1. The van der Waals surface area contributed by atoms with Gasteiger partial charge in [0.05, 0.1) is 6.42 Å². The van der Waals surface area contributed by atoms with Gasteiger partial charge in [0.1, 0.15) is 6.10 Å². The van der Waals surface area contributed by atoms with E-state index < -0.39 is 18.2 Å². The van der Waals surface area contributed by atoms with Gasteiger partial charge in [-0.3, -0.25) is 4.79 Å². The first-order chi connectivity index (χ1) is 10.6. The summed E-state index contributed by atoms with van der Waals surface area (Å²) < 4.78 is 5.22. The van der Waals surface area contributed by atoms with Crippen LogP contribution in [0, 0.1) is 0 Å². The second-order valence-electron chi connectivity index (χ2n) is 5.50. The van der Waals surface area contributed by atoms with Crippen LogP contribution in [-0.4, -0.2) is 42.9 Å². The summed E-state index contributed by atoms with van der Waals surface area (Å²) in [5, 5.41) is 14.7. The Morgan fingerprint density at radius 1 is 1.00 bits per heavy atom. The van der Waals surface area contributed by atoms with Gasteiger partial charge in [-0.15, -0.1) is 0 Å². The highest BCUT2D eigenvalue weighted by atomic mass is 16.6. The normalized spacial score (nSPS) is 11.9. The van der Waals surface area contributed by atoms with Crippen LogP contribution in [0.4, 0.5) is 4.79 Å². The lowest BCUT2D eigenvalue weighted by atomic mass is 10.1. The molecule has 1 atom stereocenters. The van der Waals surface area contributed by atoms with E-state index in [1.165, 1.54) is 12.8 Å².